The summed E-state index contributed by atoms with van der Waals surface area (Å²) < 4.78 is 14.5. The van der Waals surface area contributed by atoms with Crippen molar-refractivity contribution in [2.45, 2.75) is 12.5 Å². The van der Waals surface area contributed by atoms with Crippen LogP contribution in [0.15, 0.2) is 53.0 Å². The van der Waals surface area contributed by atoms with Gasteiger partial charge in [-0.15, -0.1) is 0 Å². The molecule has 0 bridgehead atoms. The quantitative estimate of drug-likeness (QED) is 0.914. The lowest BCUT2D eigenvalue weighted by Gasteiger charge is -2.12. The Balaban J connectivity index is 2.14. The smallest absolute Gasteiger partial charge is 0.126 e. The first-order valence-electron chi connectivity index (χ1n) is 5.41. The number of hydrogen-bond acceptors (Lipinski definition) is 1. The average Bonchev–Trinajstić information content (AvgIpc) is 2.33. The number of halogens is 2. The van der Waals surface area contributed by atoms with Crippen LogP contribution >= 0.6 is 15.9 Å². The predicted octanol–water partition coefficient (Wildman–Crippen LogP) is 3.83. The molecule has 0 heterocycles. The molecule has 0 aromatic heterocycles. The van der Waals surface area contributed by atoms with Crippen molar-refractivity contribution >= 4 is 15.9 Å². The first kappa shape index (κ1) is 12.3. The lowest BCUT2D eigenvalue weighted by Crippen LogP contribution is -2.14. The summed E-state index contributed by atoms with van der Waals surface area (Å²) in [6, 6.07) is 14.4. The van der Waals surface area contributed by atoms with Crippen LogP contribution in [0.2, 0.25) is 0 Å². The van der Waals surface area contributed by atoms with Crippen molar-refractivity contribution in [1.82, 2.24) is 0 Å². The fourth-order valence-corrected chi connectivity index (χ4v) is 1.99. The molecule has 2 rings (SSSR count). The van der Waals surface area contributed by atoms with Crippen LogP contribution in [0.25, 0.3) is 0 Å². The van der Waals surface area contributed by atoms with Crippen molar-refractivity contribution in [3.63, 3.8) is 0 Å². The Hall–Kier alpha value is -1.19. The van der Waals surface area contributed by atoms with Gasteiger partial charge >= 0.3 is 0 Å². The van der Waals surface area contributed by atoms with Gasteiger partial charge in [-0.1, -0.05) is 46.3 Å². The number of benzene rings is 2. The van der Waals surface area contributed by atoms with Crippen LogP contribution in [0, 0.1) is 5.82 Å². The highest BCUT2D eigenvalue weighted by Gasteiger charge is 2.09. The standard InChI is InChI=1S/C14H13BrFN/c15-12-7-5-10(6-8-12)14(17)9-11-3-1-2-4-13(11)16/h1-8,14H,9,17H2. The van der Waals surface area contributed by atoms with Crippen molar-refractivity contribution in [1.29, 1.82) is 0 Å². The minimum absolute atomic E-state index is 0.181. The van der Waals surface area contributed by atoms with E-state index in [-0.39, 0.29) is 11.9 Å². The van der Waals surface area contributed by atoms with Crippen LogP contribution in [0.1, 0.15) is 17.2 Å². The van der Waals surface area contributed by atoms with E-state index in [1.165, 1.54) is 6.07 Å². The van der Waals surface area contributed by atoms with Gasteiger partial charge in [-0.2, -0.15) is 0 Å². The van der Waals surface area contributed by atoms with Gasteiger partial charge in [0.1, 0.15) is 5.82 Å². The van der Waals surface area contributed by atoms with Gasteiger partial charge in [-0.05, 0) is 35.7 Å². The maximum Gasteiger partial charge on any atom is 0.126 e. The molecule has 0 fully saturated rings. The molecule has 0 amide bonds. The first-order valence-corrected chi connectivity index (χ1v) is 6.20. The third-order valence-corrected chi connectivity index (χ3v) is 3.22. The van der Waals surface area contributed by atoms with Crippen molar-refractivity contribution in [2.75, 3.05) is 0 Å². The SMILES string of the molecule is NC(Cc1ccccc1F)c1ccc(Br)cc1. The molecule has 2 aromatic carbocycles. The molecule has 0 aliphatic rings. The number of rotatable bonds is 3. The van der Waals surface area contributed by atoms with Gasteiger partial charge in [0.2, 0.25) is 0 Å². The Morgan fingerprint density at radius 3 is 2.35 bits per heavy atom. The van der Waals surface area contributed by atoms with E-state index in [9.17, 15) is 4.39 Å². The van der Waals surface area contributed by atoms with E-state index < -0.39 is 0 Å². The highest BCUT2D eigenvalue weighted by atomic mass is 79.9. The lowest BCUT2D eigenvalue weighted by atomic mass is 9.99. The van der Waals surface area contributed by atoms with Crippen molar-refractivity contribution in [2.24, 2.45) is 5.73 Å². The largest absolute Gasteiger partial charge is 0.324 e. The molecule has 0 spiro atoms. The summed E-state index contributed by atoms with van der Waals surface area (Å²) >= 11 is 3.37. The molecule has 2 N–H and O–H groups in total. The zero-order valence-electron chi connectivity index (χ0n) is 9.24. The van der Waals surface area contributed by atoms with E-state index in [4.69, 9.17) is 5.73 Å². The molecular weight excluding hydrogens is 281 g/mol. The van der Waals surface area contributed by atoms with E-state index >= 15 is 0 Å². The van der Waals surface area contributed by atoms with Gasteiger partial charge in [-0.3, -0.25) is 0 Å². The van der Waals surface area contributed by atoms with Crippen LogP contribution in [0.4, 0.5) is 4.39 Å². The second kappa shape index (κ2) is 5.43. The van der Waals surface area contributed by atoms with E-state index in [1.807, 2.05) is 30.3 Å². The monoisotopic (exact) mass is 293 g/mol. The predicted molar refractivity (Wildman–Crippen MR) is 71.2 cm³/mol. The van der Waals surface area contributed by atoms with Gasteiger partial charge in [0, 0.05) is 10.5 Å². The second-order valence-electron chi connectivity index (χ2n) is 3.95. The van der Waals surface area contributed by atoms with Crippen LogP contribution in [0.3, 0.4) is 0 Å². The molecular formula is C14H13BrFN. The van der Waals surface area contributed by atoms with Gasteiger partial charge in [0.15, 0.2) is 0 Å². The first-order chi connectivity index (χ1) is 8.16. The van der Waals surface area contributed by atoms with Crippen LogP contribution in [-0.2, 0) is 6.42 Å². The fraction of sp³-hybridized carbons (Fsp3) is 0.143. The van der Waals surface area contributed by atoms with Crippen molar-refractivity contribution in [3.8, 4) is 0 Å². The highest BCUT2D eigenvalue weighted by Crippen LogP contribution is 2.20. The molecule has 0 radical (unpaired) electrons. The molecule has 3 heteroatoms. The topological polar surface area (TPSA) is 26.0 Å². The summed E-state index contributed by atoms with van der Waals surface area (Å²) in [5, 5.41) is 0. The normalized spacial score (nSPS) is 12.4. The van der Waals surface area contributed by atoms with Gasteiger partial charge in [0.05, 0.1) is 0 Å². The maximum atomic E-state index is 13.5. The Morgan fingerprint density at radius 1 is 1.06 bits per heavy atom. The summed E-state index contributed by atoms with van der Waals surface area (Å²) in [4.78, 5) is 0. The molecule has 0 saturated heterocycles. The van der Waals surface area contributed by atoms with Crippen molar-refractivity contribution in [3.05, 3.63) is 69.9 Å². The second-order valence-corrected chi connectivity index (χ2v) is 4.87. The molecule has 0 saturated carbocycles. The molecule has 2 aromatic rings. The molecule has 1 unspecified atom stereocenters. The minimum atomic E-state index is -0.194. The summed E-state index contributed by atoms with van der Waals surface area (Å²) in [5.74, 6) is -0.194. The minimum Gasteiger partial charge on any atom is -0.324 e. The van der Waals surface area contributed by atoms with Gasteiger partial charge < -0.3 is 5.73 Å². The fourth-order valence-electron chi connectivity index (χ4n) is 1.73. The summed E-state index contributed by atoms with van der Waals surface area (Å²) in [5.41, 5.74) is 7.73. The summed E-state index contributed by atoms with van der Waals surface area (Å²) in [7, 11) is 0. The zero-order valence-corrected chi connectivity index (χ0v) is 10.8. The molecule has 0 aliphatic carbocycles. The van der Waals surface area contributed by atoms with E-state index in [1.54, 1.807) is 12.1 Å². The number of hydrogen-bond donors (Lipinski definition) is 1. The molecule has 88 valence electrons. The van der Waals surface area contributed by atoms with Crippen LogP contribution in [0.5, 0.6) is 0 Å². The third-order valence-electron chi connectivity index (χ3n) is 2.70. The van der Waals surface area contributed by atoms with Crippen LogP contribution in [-0.4, -0.2) is 0 Å². The van der Waals surface area contributed by atoms with E-state index in [0.717, 1.165) is 10.0 Å². The Kier molecular flexibility index (Phi) is 3.92. The molecule has 1 nitrogen and oxygen atoms in total. The van der Waals surface area contributed by atoms with Gasteiger partial charge in [0.25, 0.3) is 0 Å². The van der Waals surface area contributed by atoms with Gasteiger partial charge in [-0.25, -0.2) is 4.39 Å². The third kappa shape index (κ3) is 3.14. The Morgan fingerprint density at radius 2 is 1.71 bits per heavy atom. The highest BCUT2D eigenvalue weighted by molar-refractivity contribution is 9.10. The summed E-state index contributed by atoms with van der Waals surface area (Å²) in [6.07, 6.45) is 0.508. The van der Waals surface area contributed by atoms with E-state index in [0.29, 0.717) is 12.0 Å². The molecule has 0 aliphatic heterocycles. The molecule has 17 heavy (non-hydrogen) atoms. The van der Waals surface area contributed by atoms with E-state index in [2.05, 4.69) is 15.9 Å². The zero-order chi connectivity index (χ0) is 12.3. The summed E-state index contributed by atoms with van der Waals surface area (Å²) in [6.45, 7) is 0. The average molecular weight is 294 g/mol. The Labute approximate surface area is 109 Å². The van der Waals surface area contributed by atoms with Crippen LogP contribution < -0.4 is 5.73 Å². The lowest BCUT2D eigenvalue weighted by molar-refractivity contribution is 0.593. The number of nitrogens with two attached hydrogens (primary N) is 1. The Bertz CT molecular complexity index is 496. The maximum absolute atomic E-state index is 13.5. The van der Waals surface area contributed by atoms with Crippen molar-refractivity contribution < 1.29 is 4.39 Å². The molecule has 1 atom stereocenters.